The molecular weight excluding hydrogens is 395 g/mol. The van der Waals surface area contributed by atoms with Gasteiger partial charge < -0.3 is 18.9 Å². The lowest BCUT2D eigenvalue weighted by Crippen LogP contribution is -2.28. The minimum atomic E-state index is -0.573. The van der Waals surface area contributed by atoms with Crippen LogP contribution in [-0.2, 0) is 22.6 Å². The number of benzene rings is 2. The zero-order valence-electron chi connectivity index (χ0n) is 17.2. The molecule has 8 nitrogen and oxygen atoms in total. The maximum Gasteiger partial charge on any atom is 0.329 e. The monoisotopic (exact) mass is 418 g/mol. The van der Waals surface area contributed by atoms with Gasteiger partial charge >= 0.3 is 11.7 Å². The summed E-state index contributed by atoms with van der Waals surface area (Å²) in [4.78, 5) is 25.1. The smallest absolute Gasteiger partial charge is 0.329 e. The average Bonchev–Trinajstić information content (AvgIpc) is 2.98. The van der Waals surface area contributed by atoms with E-state index in [9.17, 15) is 14.0 Å². The van der Waals surface area contributed by atoms with E-state index in [-0.39, 0.29) is 19.7 Å². The summed E-state index contributed by atoms with van der Waals surface area (Å²) in [5.41, 5.74) is 1.03. The first-order valence-corrected chi connectivity index (χ1v) is 9.26. The van der Waals surface area contributed by atoms with Crippen molar-refractivity contribution < 1.29 is 28.1 Å². The van der Waals surface area contributed by atoms with Gasteiger partial charge in [-0.25, -0.2) is 9.18 Å². The third-order valence-electron chi connectivity index (χ3n) is 4.64. The van der Waals surface area contributed by atoms with Gasteiger partial charge in [0.1, 0.15) is 12.4 Å². The van der Waals surface area contributed by atoms with Crippen LogP contribution in [0.4, 0.5) is 4.39 Å². The molecule has 0 aliphatic carbocycles. The van der Waals surface area contributed by atoms with Crippen LogP contribution in [0.1, 0.15) is 12.5 Å². The Morgan fingerprint density at radius 2 is 1.63 bits per heavy atom. The number of hydrogen-bond donors (Lipinski definition) is 0. The number of carbonyl (C=O) groups is 1. The Bertz CT molecular complexity index is 1110. The number of fused-ring (bicyclic) bond motifs is 1. The van der Waals surface area contributed by atoms with Crippen molar-refractivity contribution in [3.05, 3.63) is 52.2 Å². The van der Waals surface area contributed by atoms with Crippen LogP contribution in [0.5, 0.6) is 17.2 Å². The number of methoxy groups -OCH3 is 3. The first kappa shape index (κ1) is 21.2. The minimum absolute atomic E-state index is 0.146. The van der Waals surface area contributed by atoms with Gasteiger partial charge in [0.05, 0.1) is 45.5 Å². The van der Waals surface area contributed by atoms with Crippen LogP contribution in [0.25, 0.3) is 11.0 Å². The summed E-state index contributed by atoms with van der Waals surface area (Å²) in [7, 11) is 4.50. The molecule has 0 N–H and O–H groups in total. The zero-order chi connectivity index (χ0) is 21.8. The standard InChI is InChI=1S/C21H23FN2O6/c1-5-30-19(25)12-24-16-10-14(22)6-7-15(16)23(21(24)26)11-13-8-17(27-2)20(29-4)18(9-13)28-3/h6-10H,5,11-12H2,1-4H3. The number of esters is 1. The third-order valence-corrected chi connectivity index (χ3v) is 4.64. The molecule has 1 heterocycles. The van der Waals surface area contributed by atoms with Gasteiger partial charge in [0, 0.05) is 0 Å². The molecule has 9 heteroatoms. The molecule has 0 atom stereocenters. The molecule has 0 saturated carbocycles. The van der Waals surface area contributed by atoms with Gasteiger partial charge in [-0.3, -0.25) is 13.9 Å². The molecule has 0 bridgehead atoms. The second kappa shape index (κ2) is 8.89. The number of aromatic nitrogens is 2. The van der Waals surface area contributed by atoms with Crippen LogP contribution in [0.2, 0.25) is 0 Å². The molecule has 1 aromatic heterocycles. The van der Waals surface area contributed by atoms with E-state index >= 15 is 0 Å². The highest BCUT2D eigenvalue weighted by Crippen LogP contribution is 2.38. The maximum absolute atomic E-state index is 13.9. The van der Waals surface area contributed by atoms with Crippen molar-refractivity contribution in [2.75, 3.05) is 27.9 Å². The number of hydrogen-bond acceptors (Lipinski definition) is 6. The fourth-order valence-electron chi connectivity index (χ4n) is 3.34. The number of imidazole rings is 1. The summed E-state index contributed by atoms with van der Waals surface area (Å²) in [6.45, 7) is 1.70. The van der Waals surface area contributed by atoms with Crippen molar-refractivity contribution >= 4 is 17.0 Å². The van der Waals surface area contributed by atoms with Gasteiger partial charge in [0.15, 0.2) is 11.5 Å². The van der Waals surface area contributed by atoms with Crippen molar-refractivity contribution in [1.82, 2.24) is 9.13 Å². The number of rotatable bonds is 8. The topological polar surface area (TPSA) is 80.9 Å². The molecule has 0 spiro atoms. The first-order valence-electron chi connectivity index (χ1n) is 9.26. The molecule has 0 amide bonds. The molecule has 2 aromatic carbocycles. The van der Waals surface area contributed by atoms with Gasteiger partial charge in [-0.05, 0) is 42.8 Å². The predicted octanol–water partition coefficient (Wildman–Crippen LogP) is 2.58. The number of nitrogens with zero attached hydrogens (tertiary/aromatic N) is 2. The van der Waals surface area contributed by atoms with Gasteiger partial charge in [-0.1, -0.05) is 0 Å². The predicted molar refractivity (Wildman–Crippen MR) is 108 cm³/mol. The fraction of sp³-hybridized carbons (Fsp3) is 0.333. The fourth-order valence-corrected chi connectivity index (χ4v) is 3.34. The van der Waals surface area contributed by atoms with E-state index in [1.165, 1.54) is 48.7 Å². The summed E-state index contributed by atoms with van der Waals surface area (Å²) < 4.78 is 37.5. The summed E-state index contributed by atoms with van der Waals surface area (Å²) in [5, 5.41) is 0. The summed E-state index contributed by atoms with van der Waals surface area (Å²) >= 11 is 0. The van der Waals surface area contributed by atoms with Crippen molar-refractivity contribution in [2.24, 2.45) is 0 Å². The Labute approximate surface area is 172 Å². The second-order valence-electron chi connectivity index (χ2n) is 6.43. The maximum atomic E-state index is 13.9. The van der Waals surface area contributed by atoms with Crippen LogP contribution in [0.3, 0.4) is 0 Å². The molecule has 30 heavy (non-hydrogen) atoms. The first-order chi connectivity index (χ1) is 14.4. The SMILES string of the molecule is CCOC(=O)Cn1c(=O)n(Cc2cc(OC)c(OC)c(OC)c2)c2ccc(F)cc21. The van der Waals surface area contributed by atoms with E-state index in [1.54, 1.807) is 19.1 Å². The van der Waals surface area contributed by atoms with E-state index in [0.29, 0.717) is 33.8 Å². The van der Waals surface area contributed by atoms with Crippen molar-refractivity contribution in [2.45, 2.75) is 20.0 Å². The van der Waals surface area contributed by atoms with Gasteiger partial charge in [0.2, 0.25) is 5.75 Å². The molecular formula is C21H23FN2O6. The molecule has 0 aliphatic rings. The number of ether oxygens (including phenoxy) is 4. The summed E-state index contributed by atoms with van der Waals surface area (Å²) in [6, 6.07) is 7.45. The Balaban J connectivity index is 2.12. The molecule has 3 rings (SSSR count). The lowest BCUT2D eigenvalue weighted by atomic mass is 10.1. The Morgan fingerprint density at radius 3 is 2.20 bits per heavy atom. The van der Waals surface area contributed by atoms with Crippen LogP contribution in [-0.4, -0.2) is 43.0 Å². The molecule has 0 saturated heterocycles. The molecule has 0 unspecified atom stereocenters. The Kier molecular flexibility index (Phi) is 6.29. The van der Waals surface area contributed by atoms with E-state index in [4.69, 9.17) is 18.9 Å². The molecule has 0 radical (unpaired) electrons. The van der Waals surface area contributed by atoms with Crippen LogP contribution in [0.15, 0.2) is 35.1 Å². The lowest BCUT2D eigenvalue weighted by molar-refractivity contribution is -0.143. The number of carbonyl (C=O) groups excluding carboxylic acids is 1. The normalized spacial score (nSPS) is 10.8. The minimum Gasteiger partial charge on any atom is -0.493 e. The van der Waals surface area contributed by atoms with Crippen molar-refractivity contribution in [3.63, 3.8) is 0 Å². The van der Waals surface area contributed by atoms with Gasteiger partial charge in [-0.15, -0.1) is 0 Å². The quantitative estimate of drug-likeness (QED) is 0.523. The van der Waals surface area contributed by atoms with Gasteiger partial charge in [0.25, 0.3) is 0 Å². The average molecular weight is 418 g/mol. The summed E-state index contributed by atoms with van der Waals surface area (Å²) in [6.07, 6.45) is 0. The zero-order valence-corrected chi connectivity index (χ0v) is 17.2. The van der Waals surface area contributed by atoms with E-state index in [2.05, 4.69) is 0 Å². The molecule has 3 aromatic rings. The van der Waals surface area contributed by atoms with Crippen molar-refractivity contribution in [3.8, 4) is 17.2 Å². The molecule has 0 fully saturated rings. The highest BCUT2D eigenvalue weighted by atomic mass is 19.1. The van der Waals surface area contributed by atoms with Crippen LogP contribution >= 0.6 is 0 Å². The Hall–Kier alpha value is -3.49. The van der Waals surface area contributed by atoms with Crippen LogP contribution in [0, 0.1) is 5.82 Å². The number of halogens is 1. The van der Waals surface area contributed by atoms with E-state index in [1.807, 2.05) is 0 Å². The lowest BCUT2D eigenvalue weighted by Gasteiger charge is -2.14. The summed E-state index contributed by atoms with van der Waals surface area (Å²) in [5.74, 6) is 0.242. The highest BCUT2D eigenvalue weighted by molar-refractivity contribution is 5.79. The van der Waals surface area contributed by atoms with E-state index < -0.39 is 17.5 Å². The van der Waals surface area contributed by atoms with Crippen LogP contribution < -0.4 is 19.9 Å². The second-order valence-corrected chi connectivity index (χ2v) is 6.43. The molecule has 160 valence electrons. The highest BCUT2D eigenvalue weighted by Gasteiger charge is 2.19. The molecule has 0 aliphatic heterocycles. The van der Waals surface area contributed by atoms with Gasteiger partial charge in [-0.2, -0.15) is 0 Å². The largest absolute Gasteiger partial charge is 0.493 e. The van der Waals surface area contributed by atoms with E-state index in [0.717, 1.165) is 0 Å². The Morgan fingerprint density at radius 1 is 0.967 bits per heavy atom. The third kappa shape index (κ3) is 3.96. The van der Waals surface area contributed by atoms with Crippen molar-refractivity contribution in [1.29, 1.82) is 0 Å².